The van der Waals surface area contributed by atoms with Crippen LogP contribution in [0.3, 0.4) is 0 Å². The second kappa shape index (κ2) is 11.3. The Morgan fingerprint density at radius 2 is 1.69 bits per heavy atom. The molecule has 0 atom stereocenters. The Hall–Kier alpha value is -3.14. The Labute approximate surface area is 227 Å². The van der Waals surface area contributed by atoms with Gasteiger partial charge in [0.2, 0.25) is 0 Å². The maximum Gasteiger partial charge on any atom is 0.270 e. The zero-order valence-electron chi connectivity index (χ0n) is 19.8. The molecule has 2 amide bonds. The molecule has 1 N–H and O–H groups in total. The minimum absolute atomic E-state index is 0.126. The van der Waals surface area contributed by atoms with E-state index in [1.165, 1.54) is 16.7 Å². The van der Waals surface area contributed by atoms with Crippen molar-refractivity contribution in [3.63, 3.8) is 0 Å². The fraction of sp³-hybridized carbons (Fsp3) is 0.148. The van der Waals surface area contributed by atoms with Gasteiger partial charge >= 0.3 is 0 Å². The van der Waals surface area contributed by atoms with Gasteiger partial charge in [-0.05, 0) is 101 Å². The van der Waals surface area contributed by atoms with Gasteiger partial charge < -0.3 is 14.8 Å². The number of nitrogens with one attached hydrogen (secondary N) is 1. The fourth-order valence-corrected chi connectivity index (χ4v) is 5.30. The molecule has 184 valence electrons. The van der Waals surface area contributed by atoms with E-state index in [1.807, 2.05) is 38.1 Å². The number of thiocarbonyl (C=S) groups is 1. The topological polar surface area (TPSA) is 67.9 Å². The van der Waals surface area contributed by atoms with Crippen LogP contribution in [0.1, 0.15) is 16.7 Å². The summed E-state index contributed by atoms with van der Waals surface area (Å²) in [6.45, 7) is 3.88. The zero-order valence-corrected chi connectivity index (χ0v) is 23.1. The molecule has 3 aromatic carbocycles. The van der Waals surface area contributed by atoms with E-state index in [1.54, 1.807) is 49.6 Å². The van der Waals surface area contributed by atoms with Gasteiger partial charge in [0.05, 0.1) is 23.4 Å². The van der Waals surface area contributed by atoms with Crippen molar-refractivity contribution in [2.45, 2.75) is 13.8 Å². The number of aryl methyl sites for hydroxylation is 2. The molecule has 0 saturated carbocycles. The lowest BCUT2D eigenvalue weighted by Crippen LogP contribution is -2.27. The van der Waals surface area contributed by atoms with E-state index in [4.69, 9.17) is 21.7 Å². The Morgan fingerprint density at radius 1 is 1.06 bits per heavy atom. The number of benzene rings is 3. The van der Waals surface area contributed by atoms with E-state index in [0.717, 1.165) is 21.2 Å². The third kappa shape index (κ3) is 5.98. The molecular formula is C27H23BrN2O4S2. The van der Waals surface area contributed by atoms with E-state index in [9.17, 15) is 9.59 Å². The molecule has 9 heteroatoms. The highest BCUT2D eigenvalue weighted by molar-refractivity contribution is 9.10. The third-order valence-electron chi connectivity index (χ3n) is 5.53. The first-order valence-electron chi connectivity index (χ1n) is 11.0. The molecule has 0 unspecified atom stereocenters. The summed E-state index contributed by atoms with van der Waals surface area (Å²) in [4.78, 5) is 27.4. The SMILES string of the molecule is COc1ccc(N2C(=O)/C(=C/c3ccc(OCC(=O)Nc4cc(C)c(C)cc4Br)cc3)SC2=S)cc1. The predicted octanol–water partition coefficient (Wildman–Crippen LogP) is 6.50. The molecule has 0 spiro atoms. The number of halogens is 1. The third-order valence-corrected chi connectivity index (χ3v) is 7.49. The van der Waals surface area contributed by atoms with Gasteiger partial charge in [-0.2, -0.15) is 0 Å². The number of thioether (sulfide) groups is 1. The standard InChI is InChI=1S/C27H23BrN2O4S2/c1-16-12-22(28)23(13-17(16)2)29-25(31)15-34-21-8-4-18(5-9-21)14-24-26(32)30(27(35)36-24)19-6-10-20(33-3)11-7-19/h4-14H,15H2,1-3H3,(H,29,31)/b24-14-. The highest BCUT2D eigenvalue weighted by Crippen LogP contribution is 2.36. The summed E-state index contributed by atoms with van der Waals surface area (Å²) in [5, 5.41) is 2.86. The number of carbonyl (C=O) groups excluding carboxylic acids is 2. The fourth-order valence-electron chi connectivity index (χ4n) is 3.45. The molecule has 3 aromatic rings. The van der Waals surface area contributed by atoms with Crippen LogP contribution in [0.2, 0.25) is 0 Å². The van der Waals surface area contributed by atoms with Crippen molar-refractivity contribution in [3.05, 3.63) is 86.7 Å². The van der Waals surface area contributed by atoms with Gasteiger partial charge in [0.25, 0.3) is 11.8 Å². The van der Waals surface area contributed by atoms with E-state index in [0.29, 0.717) is 32.1 Å². The minimum atomic E-state index is -0.259. The number of ether oxygens (including phenoxy) is 2. The lowest BCUT2D eigenvalue weighted by Gasteiger charge is -2.14. The van der Waals surface area contributed by atoms with Gasteiger partial charge in [-0.15, -0.1) is 0 Å². The molecule has 0 aromatic heterocycles. The van der Waals surface area contributed by atoms with Gasteiger partial charge in [0.1, 0.15) is 11.5 Å². The summed E-state index contributed by atoms with van der Waals surface area (Å²) < 4.78 is 12.1. The molecule has 0 radical (unpaired) electrons. The first-order chi connectivity index (χ1) is 17.2. The first-order valence-corrected chi connectivity index (χ1v) is 13.0. The normalized spacial score (nSPS) is 14.3. The molecule has 0 aliphatic carbocycles. The van der Waals surface area contributed by atoms with Crippen LogP contribution in [0.15, 0.2) is 70.0 Å². The Kier molecular flexibility index (Phi) is 8.13. The summed E-state index contributed by atoms with van der Waals surface area (Å²) in [6.07, 6.45) is 1.79. The van der Waals surface area contributed by atoms with Crippen LogP contribution in [0.5, 0.6) is 11.5 Å². The number of methoxy groups -OCH3 is 1. The van der Waals surface area contributed by atoms with Crippen LogP contribution in [0, 0.1) is 13.8 Å². The lowest BCUT2D eigenvalue weighted by atomic mass is 10.1. The smallest absolute Gasteiger partial charge is 0.270 e. The summed E-state index contributed by atoms with van der Waals surface area (Å²) in [5.41, 5.74) is 4.44. The van der Waals surface area contributed by atoms with E-state index < -0.39 is 0 Å². The summed E-state index contributed by atoms with van der Waals surface area (Å²) in [5.74, 6) is 0.819. The number of hydrogen-bond acceptors (Lipinski definition) is 6. The van der Waals surface area contributed by atoms with Gasteiger partial charge in [0, 0.05) is 4.47 Å². The molecule has 1 fully saturated rings. The maximum absolute atomic E-state index is 13.0. The molecule has 1 aliphatic rings. The number of nitrogens with zero attached hydrogens (tertiary/aromatic N) is 1. The Bertz CT molecular complexity index is 1360. The molecule has 1 saturated heterocycles. The highest BCUT2D eigenvalue weighted by Gasteiger charge is 2.33. The van der Waals surface area contributed by atoms with Crippen LogP contribution >= 0.6 is 39.9 Å². The summed E-state index contributed by atoms with van der Waals surface area (Å²) in [6, 6.07) is 18.2. The van der Waals surface area contributed by atoms with Gasteiger partial charge in [-0.3, -0.25) is 14.5 Å². The van der Waals surface area contributed by atoms with Gasteiger partial charge in [-0.25, -0.2) is 0 Å². The van der Waals surface area contributed by atoms with Crippen molar-refractivity contribution in [3.8, 4) is 11.5 Å². The van der Waals surface area contributed by atoms with Crippen LogP contribution in [0.4, 0.5) is 11.4 Å². The summed E-state index contributed by atoms with van der Waals surface area (Å²) in [7, 11) is 1.59. The lowest BCUT2D eigenvalue weighted by molar-refractivity contribution is -0.118. The van der Waals surface area contributed by atoms with Crippen LogP contribution in [-0.4, -0.2) is 29.9 Å². The number of anilines is 2. The van der Waals surface area contributed by atoms with Gasteiger partial charge in [0.15, 0.2) is 10.9 Å². The predicted molar refractivity (Wildman–Crippen MR) is 153 cm³/mol. The highest BCUT2D eigenvalue weighted by atomic mass is 79.9. The Morgan fingerprint density at radius 3 is 2.36 bits per heavy atom. The van der Waals surface area contributed by atoms with Crippen LogP contribution < -0.4 is 19.7 Å². The molecule has 4 rings (SSSR count). The van der Waals surface area contributed by atoms with Crippen molar-refractivity contribution < 1.29 is 19.1 Å². The monoisotopic (exact) mass is 582 g/mol. The van der Waals surface area contributed by atoms with Crippen molar-refractivity contribution in [1.29, 1.82) is 0 Å². The summed E-state index contributed by atoms with van der Waals surface area (Å²) >= 11 is 10.2. The van der Waals surface area contributed by atoms with Crippen molar-refractivity contribution in [2.24, 2.45) is 0 Å². The minimum Gasteiger partial charge on any atom is -0.497 e. The molecule has 1 heterocycles. The van der Waals surface area contributed by atoms with Crippen LogP contribution in [-0.2, 0) is 9.59 Å². The molecular weight excluding hydrogens is 560 g/mol. The Balaban J connectivity index is 1.37. The molecule has 36 heavy (non-hydrogen) atoms. The number of amides is 2. The average Bonchev–Trinajstić information content (AvgIpc) is 3.14. The van der Waals surface area contributed by atoms with Crippen molar-refractivity contribution in [1.82, 2.24) is 0 Å². The van der Waals surface area contributed by atoms with Crippen molar-refractivity contribution >= 4 is 73.5 Å². The molecule has 1 aliphatic heterocycles. The molecule has 0 bridgehead atoms. The quantitative estimate of drug-likeness (QED) is 0.253. The first kappa shape index (κ1) is 25.9. The van der Waals surface area contributed by atoms with Crippen LogP contribution in [0.25, 0.3) is 6.08 Å². The van der Waals surface area contributed by atoms with E-state index in [-0.39, 0.29) is 18.4 Å². The maximum atomic E-state index is 13.0. The van der Waals surface area contributed by atoms with E-state index in [2.05, 4.69) is 21.2 Å². The number of hydrogen-bond donors (Lipinski definition) is 1. The number of rotatable bonds is 7. The van der Waals surface area contributed by atoms with E-state index >= 15 is 0 Å². The van der Waals surface area contributed by atoms with Crippen molar-refractivity contribution in [2.75, 3.05) is 23.9 Å². The number of carbonyl (C=O) groups is 2. The van der Waals surface area contributed by atoms with Gasteiger partial charge in [-0.1, -0.05) is 36.1 Å². The average molecular weight is 584 g/mol. The zero-order chi connectivity index (χ0) is 25.8. The largest absolute Gasteiger partial charge is 0.497 e. The second-order valence-corrected chi connectivity index (χ2v) is 10.6. The second-order valence-electron chi connectivity index (χ2n) is 8.04. The molecule has 6 nitrogen and oxygen atoms in total.